The van der Waals surface area contributed by atoms with Gasteiger partial charge in [0.1, 0.15) is 5.82 Å². The summed E-state index contributed by atoms with van der Waals surface area (Å²) in [6.45, 7) is 1.01. The molecule has 0 aromatic heterocycles. The monoisotopic (exact) mass is 358 g/mol. The molecule has 0 aliphatic carbocycles. The zero-order valence-electron chi connectivity index (χ0n) is 14.7. The number of phenolic OH excluding ortho intramolecular Hbond substituents is 1. The molecule has 2 aromatic rings. The van der Waals surface area contributed by atoms with Crippen molar-refractivity contribution in [3.05, 3.63) is 59.4 Å². The third-order valence-corrected chi connectivity index (χ3v) is 4.71. The van der Waals surface area contributed by atoms with Gasteiger partial charge in [-0.3, -0.25) is 0 Å². The number of nitrogens with one attached hydrogen (secondary N) is 1. The van der Waals surface area contributed by atoms with Crippen molar-refractivity contribution in [3.8, 4) is 11.5 Å². The maximum Gasteiger partial charge on any atom is 0.318 e. The van der Waals surface area contributed by atoms with Crippen LogP contribution in [0, 0.1) is 5.82 Å². The van der Waals surface area contributed by atoms with Gasteiger partial charge in [0.05, 0.1) is 13.2 Å². The predicted molar refractivity (Wildman–Crippen MR) is 96.6 cm³/mol. The molecule has 26 heavy (non-hydrogen) atoms. The smallest absolute Gasteiger partial charge is 0.318 e. The van der Waals surface area contributed by atoms with Crippen LogP contribution in [-0.4, -0.2) is 29.7 Å². The molecule has 138 valence electrons. The van der Waals surface area contributed by atoms with Crippen LogP contribution in [0.5, 0.6) is 11.5 Å². The average Bonchev–Trinajstić information content (AvgIpc) is 2.67. The highest BCUT2D eigenvalue weighted by Gasteiger charge is 2.27. The van der Waals surface area contributed by atoms with E-state index in [0.29, 0.717) is 18.8 Å². The van der Waals surface area contributed by atoms with Gasteiger partial charge >= 0.3 is 6.03 Å². The van der Waals surface area contributed by atoms with Crippen LogP contribution in [0.3, 0.4) is 0 Å². The molecule has 2 aromatic carbocycles. The topological polar surface area (TPSA) is 61.8 Å². The van der Waals surface area contributed by atoms with Crippen molar-refractivity contribution in [2.24, 2.45) is 0 Å². The summed E-state index contributed by atoms with van der Waals surface area (Å²) in [6, 6.07) is 11.2. The standard InChI is InChI=1S/C20H23FN2O3/c1-26-19-12-14(5-10-18(19)24)13-22-20(25)23-11-3-2-4-17(23)15-6-8-16(21)9-7-15/h5-10,12,17,24H,2-4,11,13H2,1H3,(H,22,25)/t17-/m1/s1. The fourth-order valence-electron chi connectivity index (χ4n) is 3.32. The molecule has 2 amide bonds. The molecular formula is C20H23FN2O3. The van der Waals surface area contributed by atoms with E-state index in [2.05, 4.69) is 5.32 Å². The molecule has 0 saturated carbocycles. The van der Waals surface area contributed by atoms with E-state index in [1.54, 1.807) is 30.3 Å². The van der Waals surface area contributed by atoms with Gasteiger partial charge in [-0.1, -0.05) is 18.2 Å². The predicted octanol–water partition coefficient (Wildman–Crippen LogP) is 3.98. The van der Waals surface area contributed by atoms with E-state index in [-0.39, 0.29) is 23.6 Å². The molecule has 3 rings (SSSR count). The number of urea groups is 1. The number of amides is 2. The Hall–Kier alpha value is -2.76. The maximum absolute atomic E-state index is 13.2. The molecule has 6 heteroatoms. The first-order valence-electron chi connectivity index (χ1n) is 8.74. The number of ether oxygens (including phenoxy) is 1. The number of methoxy groups -OCH3 is 1. The summed E-state index contributed by atoms with van der Waals surface area (Å²) in [6.07, 6.45) is 2.87. The molecule has 0 unspecified atom stereocenters. The molecule has 5 nitrogen and oxygen atoms in total. The van der Waals surface area contributed by atoms with Crippen LogP contribution in [0.2, 0.25) is 0 Å². The summed E-state index contributed by atoms with van der Waals surface area (Å²) < 4.78 is 18.3. The van der Waals surface area contributed by atoms with Crippen LogP contribution in [0.4, 0.5) is 9.18 Å². The van der Waals surface area contributed by atoms with Crippen molar-refractivity contribution in [2.45, 2.75) is 31.8 Å². The van der Waals surface area contributed by atoms with Gasteiger partial charge in [-0.05, 0) is 54.7 Å². The van der Waals surface area contributed by atoms with Crippen LogP contribution in [0.1, 0.15) is 36.4 Å². The largest absolute Gasteiger partial charge is 0.504 e. The van der Waals surface area contributed by atoms with Crippen LogP contribution >= 0.6 is 0 Å². The highest BCUT2D eigenvalue weighted by molar-refractivity contribution is 5.75. The third kappa shape index (κ3) is 4.07. The van der Waals surface area contributed by atoms with Crippen molar-refractivity contribution in [2.75, 3.05) is 13.7 Å². The Bertz CT molecular complexity index is 764. The lowest BCUT2D eigenvalue weighted by molar-refractivity contribution is 0.151. The maximum atomic E-state index is 13.2. The molecule has 0 spiro atoms. The highest BCUT2D eigenvalue weighted by atomic mass is 19.1. The second-order valence-electron chi connectivity index (χ2n) is 6.42. The number of aromatic hydroxyl groups is 1. The van der Waals surface area contributed by atoms with Gasteiger partial charge < -0.3 is 20.1 Å². The van der Waals surface area contributed by atoms with Gasteiger partial charge in [-0.25, -0.2) is 9.18 Å². The zero-order chi connectivity index (χ0) is 18.5. The second kappa shape index (κ2) is 8.08. The van der Waals surface area contributed by atoms with Crippen molar-refractivity contribution >= 4 is 6.03 Å². The number of phenols is 1. The minimum Gasteiger partial charge on any atom is -0.504 e. The minimum absolute atomic E-state index is 0.0429. The Morgan fingerprint density at radius 3 is 2.77 bits per heavy atom. The average molecular weight is 358 g/mol. The number of benzene rings is 2. The van der Waals surface area contributed by atoms with Crippen molar-refractivity contribution in [1.29, 1.82) is 0 Å². The summed E-state index contributed by atoms with van der Waals surface area (Å²) in [4.78, 5) is 14.5. The zero-order valence-corrected chi connectivity index (χ0v) is 14.7. The lowest BCUT2D eigenvalue weighted by Crippen LogP contribution is -2.44. The van der Waals surface area contributed by atoms with Crippen LogP contribution in [0.15, 0.2) is 42.5 Å². The quantitative estimate of drug-likeness (QED) is 0.869. The molecule has 1 heterocycles. The number of nitrogens with zero attached hydrogens (tertiary/aromatic N) is 1. The van der Waals surface area contributed by atoms with Crippen molar-refractivity contribution in [1.82, 2.24) is 10.2 Å². The molecule has 2 N–H and O–H groups in total. The van der Waals surface area contributed by atoms with Gasteiger partial charge in [0.15, 0.2) is 11.5 Å². The van der Waals surface area contributed by atoms with Crippen LogP contribution in [0.25, 0.3) is 0 Å². The molecule has 1 fully saturated rings. The first-order valence-corrected chi connectivity index (χ1v) is 8.74. The Balaban J connectivity index is 1.68. The van der Waals surface area contributed by atoms with E-state index < -0.39 is 0 Å². The number of carbonyl (C=O) groups is 1. The number of rotatable bonds is 4. The molecule has 0 bridgehead atoms. The number of carbonyl (C=O) groups excluding carboxylic acids is 1. The molecule has 1 atom stereocenters. The van der Waals surface area contributed by atoms with E-state index in [0.717, 1.165) is 30.4 Å². The summed E-state index contributed by atoms with van der Waals surface area (Å²) in [5.41, 5.74) is 1.79. The first-order chi connectivity index (χ1) is 12.6. The van der Waals surface area contributed by atoms with Gasteiger partial charge in [0, 0.05) is 13.1 Å². The van der Waals surface area contributed by atoms with Crippen molar-refractivity contribution < 1.29 is 19.0 Å². The SMILES string of the molecule is COc1cc(CNC(=O)N2CCCC[C@@H]2c2ccc(F)cc2)ccc1O. The van der Waals surface area contributed by atoms with E-state index in [1.807, 2.05) is 4.90 Å². The molecule has 1 aliphatic rings. The number of piperidine rings is 1. The summed E-state index contributed by atoms with van der Waals surface area (Å²) in [5.74, 6) is 0.163. The molecule has 1 aliphatic heterocycles. The lowest BCUT2D eigenvalue weighted by atomic mass is 9.95. The highest BCUT2D eigenvalue weighted by Crippen LogP contribution is 2.31. The Morgan fingerprint density at radius 1 is 1.27 bits per heavy atom. The first kappa shape index (κ1) is 18.0. The van der Waals surface area contributed by atoms with E-state index in [9.17, 15) is 14.3 Å². The van der Waals surface area contributed by atoms with Gasteiger partial charge in [-0.15, -0.1) is 0 Å². The normalized spacial score (nSPS) is 17.0. The number of hydrogen-bond donors (Lipinski definition) is 2. The van der Waals surface area contributed by atoms with Gasteiger partial charge in [-0.2, -0.15) is 0 Å². The van der Waals surface area contributed by atoms with Crippen LogP contribution < -0.4 is 10.1 Å². The van der Waals surface area contributed by atoms with Gasteiger partial charge in [0.25, 0.3) is 0 Å². The Kier molecular flexibility index (Phi) is 5.61. The summed E-state index contributed by atoms with van der Waals surface area (Å²) in [5, 5.41) is 12.6. The van der Waals surface area contributed by atoms with Gasteiger partial charge in [0.2, 0.25) is 0 Å². The number of halogens is 1. The minimum atomic E-state index is -0.276. The molecule has 0 radical (unpaired) electrons. The van der Waals surface area contributed by atoms with E-state index >= 15 is 0 Å². The molecule has 1 saturated heterocycles. The number of likely N-dealkylation sites (tertiary alicyclic amines) is 1. The van der Waals surface area contributed by atoms with E-state index in [1.165, 1.54) is 19.2 Å². The Morgan fingerprint density at radius 2 is 2.04 bits per heavy atom. The number of hydrogen-bond acceptors (Lipinski definition) is 3. The molecular weight excluding hydrogens is 335 g/mol. The fourth-order valence-corrected chi connectivity index (χ4v) is 3.32. The third-order valence-electron chi connectivity index (χ3n) is 4.71. The Labute approximate surface area is 152 Å². The van der Waals surface area contributed by atoms with E-state index in [4.69, 9.17) is 4.74 Å². The van der Waals surface area contributed by atoms with Crippen LogP contribution in [-0.2, 0) is 6.54 Å². The second-order valence-corrected chi connectivity index (χ2v) is 6.42. The van der Waals surface area contributed by atoms with Crippen molar-refractivity contribution in [3.63, 3.8) is 0 Å². The fraction of sp³-hybridized carbons (Fsp3) is 0.350. The lowest BCUT2D eigenvalue weighted by Gasteiger charge is -2.36. The summed E-state index contributed by atoms with van der Waals surface area (Å²) >= 11 is 0. The summed E-state index contributed by atoms with van der Waals surface area (Å²) in [7, 11) is 1.48.